The highest BCUT2D eigenvalue weighted by Gasteiger charge is 2.42. The minimum atomic E-state index is -0.357. The molecule has 0 unspecified atom stereocenters. The van der Waals surface area contributed by atoms with Gasteiger partial charge in [0.25, 0.3) is 0 Å². The van der Waals surface area contributed by atoms with Crippen molar-refractivity contribution in [2.24, 2.45) is 21.5 Å². The van der Waals surface area contributed by atoms with Crippen molar-refractivity contribution in [3.63, 3.8) is 0 Å². The Kier molecular flexibility index (Phi) is 3.81. The zero-order valence-corrected chi connectivity index (χ0v) is 13.4. The summed E-state index contributed by atoms with van der Waals surface area (Å²) >= 11 is 0. The van der Waals surface area contributed by atoms with Crippen molar-refractivity contribution in [2.75, 3.05) is 4.90 Å². The molecule has 4 N–H and O–H groups in total. The molecule has 0 amide bonds. The lowest BCUT2D eigenvalue weighted by Gasteiger charge is -2.45. The monoisotopic (exact) mass is 299 g/mol. The van der Waals surface area contributed by atoms with Crippen LogP contribution in [0, 0.1) is 0 Å². The van der Waals surface area contributed by atoms with Gasteiger partial charge in [0.05, 0.1) is 0 Å². The van der Waals surface area contributed by atoms with E-state index in [0.29, 0.717) is 17.8 Å². The number of aliphatic imine (C=N–C) groups is 2. The molecule has 2 aliphatic rings. The minimum absolute atomic E-state index is 0.302. The molecule has 1 fully saturated rings. The van der Waals surface area contributed by atoms with E-state index in [2.05, 4.69) is 48.0 Å². The van der Waals surface area contributed by atoms with E-state index in [9.17, 15) is 0 Å². The molecule has 0 aromatic heterocycles. The predicted octanol–water partition coefficient (Wildman–Crippen LogP) is 2.92. The first-order valence-corrected chi connectivity index (χ1v) is 8.11. The van der Waals surface area contributed by atoms with Gasteiger partial charge in [-0.05, 0) is 49.3 Å². The number of hydrogen-bond acceptors (Lipinski definition) is 5. The Morgan fingerprint density at radius 3 is 2.55 bits per heavy atom. The Bertz CT molecular complexity index is 611. The molecular weight excluding hydrogens is 274 g/mol. The van der Waals surface area contributed by atoms with E-state index >= 15 is 0 Å². The van der Waals surface area contributed by atoms with E-state index in [1.54, 1.807) is 0 Å². The fourth-order valence-electron chi connectivity index (χ4n) is 3.52. The van der Waals surface area contributed by atoms with Gasteiger partial charge in [0, 0.05) is 5.69 Å². The van der Waals surface area contributed by atoms with Crippen molar-refractivity contribution in [1.29, 1.82) is 0 Å². The smallest absolute Gasteiger partial charge is 0.220 e. The minimum Gasteiger partial charge on any atom is -0.369 e. The van der Waals surface area contributed by atoms with Crippen LogP contribution in [0.15, 0.2) is 34.3 Å². The van der Waals surface area contributed by atoms with E-state index in [1.165, 1.54) is 12.0 Å². The second kappa shape index (κ2) is 5.63. The Hall–Kier alpha value is -2.04. The van der Waals surface area contributed by atoms with Crippen molar-refractivity contribution in [2.45, 2.75) is 57.5 Å². The van der Waals surface area contributed by atoms with Gasteiger partial charge in [0.2, 0.25) is 11.9 Å². The molecule has 0 atom stereocenters. The van der Waals surface area contributed by atoms with E-state index in [0.717, 1.165) is 31.4 Å². The average Bonchev–Trinajstić information content (AvgIpc) is 2.47. The van der Waals surface area contributed by atoms with Gasteiger partial charge < -0.3 is 11.5 Å². The molecule has 1 aromatic rings. The van der Waals surface area contributed by atoms with Gasteiger partial charge in [-0.3, -0.25) is 4.90 Å². The predicted molar refractivity (Wildman–Crippen MR) is 92.1 cm³/mol. The SMILES string of the molecule is CC(C)c1cccc(N2C(N)=NC(N)=NC23CCCCC3)c1. The summed E-state index contributed by atoms with van der Waals surface area (Å²) in [6.45, 7) is 4.39. The van der Waals surface area contributed by atoms with Crippen molar-refractivity contribution in [3.8, 4) is 0 Å². The molecule has 5 nitrogen and oxygen atoms in total. The molecule has 0 saturated heterocycles. The number of rotatable bonds is 2. The lowest BCUT2D eigenvalue weighted by atomic mass is 9.87. The van der Waals surface area contributed by atoms with Crippen molar-refractivity contribution in [3.05, 3.63) is 29.8 Å². The third kappa shape index (κ3) is 2.56. The van der Waals surface area contributed by atoms with Crippen LogP contribution in [0.5, 0.6) is 0 Å². The summed E-state index contributed by atoms with van der Waals surface area (Å²) in [5, 5.41) is 0. The highest BCUT2D eigenvalue weighted by atomic mass is 15.4. The second-order valence-corrected chi connectivity index (χ2v) is 6.57. The third-order valence-corrected chi connectivity index (χ3v) is 4.65. The quantitative estimate of drug-likeness (QED) is 0.881. The topological polar surface area (TPSA) is 80.0 Å². The van der Waals surface area contributed by atoms with Gasteiger partial charge in [-0.2, -0.15) is 4.99 Å². The Morgan fingerprint density at radius 2 is 1.86 bits per heavy atom. The summed E-state index contributed by atoms with van der Waals surface area (Å²) in [5.41, 5.74) is 14.1. The van der Waals surface area contributed by atoms with Crippen LogP contribution in [0.1, 0.15) is 57.4 Å². The van der Waals surface area contributed by atoms with Crippen LogP contribution in [-0.2, 0) is 0 Å². The van der Waals surface area contributed by atoms with Crippen LogP contribution in [0.2, 0.25) is 0 Å². The molecule has 1 heterocycles. The molecule has 118 valence electrons. The zero-order valence-electron chi connectivity index (χ0n) is 13.4. The molecule has 1 aromatic carbocycles. The summed E-state index contributed by atoms with van der Waals surface area (Å²) in [6.07, 6.45) is 5.47. The molecule has 1 aliphatic heterocycles. The Balaban J connectivity index is 2.06. The number of nitrogens with zero attached hydrogens (tertiary/aromatic N) is 3. The van der Waals surface area contributed by atoms with Gasteiger partial charge in [0.15, 0.2) is 0 Å². The summed E-state index contributed by atoms with van der Waals surface area (Å²) in [7, 11) is 0. The van der Waals surface area contributed by atoms with Crippen molar-refractivity contribution in [1.82, 2.24) is 0 Å². The first-order chi connectivity index (χ1) is 10.5. The van der Waals surface area contributed by atoms with Crippen molar-refractivity contribution < 1.29 is 0 Å². The Labute approximate surface area is 132 Å². The fraction of sp³-hybridized carbons (Fsp3) is 0.529. The number of benzene rings is 1. The number of anilines is 1. The summed E-state index contributed by atoms with van der Waals surface area (Å²) in [6, 6.07) is 8.51. The van der Waals surface area contributed by atoms with Crippen LogP contribution in [0.25, 0.3) is 0 Å². The van der Waals surface area contributed by atoms with Gasteiger partial charge in [-0.1, -0.05) is 32.4 Å². The van der Waals surface area contributed by atoms with Gasteiger partial charge >= 0.3 is 0 Å². The normalized spacial score (nSPS) is 21.0. The van der Waals surface area contributed by atoms with Crippen LogP contribution in [0.3, 0.4) is 0 Å². The highest BCUT2D eigenvalue weighted by Crippen LogP contribution is 2.39. The summed E-state index contributed by atoms with van der Waals surface area (Å²) < 4.78 is 0. The molecule has 5 heteroatoms. The van der Waals surface area contributed by atoms with Crippen LogP contribution >= 0.6 is 0 Å². The van der Waals surface area contributed by atoms with Crippen molar-refractivity contribution >= 4 is 17.6 Å². The summed E-state index contributed by atoms with van der Waals surface area (Å²) in [5.74, 6) is 1.23. The Morgan fingerprint density at radius 1 is 1.14 bits per heavy atom. The van der Waals surface area contributed by atoms with E-state index in [4.69, 9.17) is 16.5 Å². The molecular formula is C17H25N5. The lowest BCUT2D eigenvalue weighted by Crippen LogP contribution is -2.58. The maximum absolute atomic E-state index is 6.25. The molecule has 1 aliphatic carbocycles. The zero-order chi connectivity index (χ0) is 15.7. The van der Waals surface area contributed by atoms with Gasteiger partial charge in [-0.25, -0.2) is 4.99 Å². The second-order valence-electron chi connectivity index (χ2n) is 6.57. The maximum atomic E-state index is 6.25. The first kappa shape index (κ1) is 14.9. The third-order valence-electron chi connectivity index (χ3n) is 4.65. The molecule has 22 heavy (non-hydrogen) atoms. The molecule has 1 saturated carbocycles. The average molecular weight is 299 g/mol. The molecule has 0 radical (unpaired) electrons. The number of guanidine groups is 2. The van der Waals surface area contributed by atoms with Crippen LogP contribution < -0.4 is 16.4 Å². The highest BCUT2D eigenvalue weighted by molar-refractivity contribution is 6.05. The standard InChI is InChI=1S/C17H25N5/c1-12(2)13-7-6-8-14(11-13)22-16(19)20-15(18)21-17(22)9-4-3-5-10-17/h6-8,11-12H,3-5,9-10H2,1-2H3,(H4,18,19,20,21). The number of nitrogens with two attached hydrogens (primary N) is 2. The molecule has 1 spiro atoms. The van der Waals surface area contributed by atoms with E-state index in [1.807, 2.05) is 0 Å². The maximum Gasteiger partial charge on any atom is 0.220 e. The fourth-order valence-corrected chi connectivity index (χ4v) is 3.52. The van der Waals surface area contributed by atoms with E-state index < -0.39 is 0 Å². The molecule has 3 rings (SSSR count). The van der Waals surface area contributed by atoms with E-state index in [-0.39, 0.29) is 5.66 Å². The van der Waals surface area contributed by atoms with Crippen LogP contribution in [0.4, 0.5) is 5.69 Å². The lowest BCUT2D eigenvalue weighted by molar-refractivity contribution is 0.305. The largest absolute Gasteiger partial charge is 0.369 e. The summed E-state index contributed by atoms with van der Waals surface area (Å²) in [4.78, 5) is 11.0. The van der Waals surface area contributed by atoms with Gasteiger partial charge in [-0.15, -0.1) is 0 Å². The first-order valence-electron chi connectivity index (χ1n) is 8.11. The number of hydrogen-bond donors (Lipinski definition) is 2. The van der Waals surface area contributed by atoms with Gasteiger partial charge in [0.1, 0.15) is 5.66 Å². The van der Waals surface area contributed by atoms with Crippen LogP contribution in [-0.4, -0.2) is 17.6 Å². The molecule has 0 bridgehead atoms.